The maximum absolute atomic E-state index is 13.6. The lowest BCUT2D eigenvalue weighted by atomic mass is 9.79. The minimum atomic E-state index is -0.694. The summed E-state index contributed by atoms with van der Waals surface area (Å²) in [6, 6.07) is 3.35. The van der Waals surface area contributed by atoms with Crippen molar-refractivity contribution in [2.45, 2.75) is 59.4 Å². The third-order valence-electron chi connectivity index (χ3n) is 4.46. The Morgan fingerprint density at radius 1 is 1.39 bits per heavy atom. The van der Waals surface area contributed by atoms with Crippen LogP contribution in [0.15, 0.2) is 34.5 Å². The first-order chi connectivity index (χ1) is 13.1. The number of carbonyl (C=O) groups is 1. The summed E-state index contributed by atoms with van der Waals surface area (Å²) in [5, 5.41) is 0.185. The zero-order chi connectivity index (χ0) is 21.1. The first-order valence-electron chi connectivity index (χ1n) is 9.36. The van der Waals surface area contributed by atoms with Crippen molar-refractivity contribution in [3.05, 3.63) is 57.3 Å². The number of hydrogen-bond donors (Lipinski definition) is 0. The molecule has 0 bridgehead atoms. The molecule has 2 unspecified atom stereocenters. The van der Waals surface area contributed by atoms with E-state index < -0.39 is 23.7 Å². The molecule has 1 aromatic rings. The summed E-state index contributed by atoms with van der Waals surface area (Å²) in [6.45, 7) is 17.6. The summed E-state index contributed by atoms with van der Waals surface area (Å²) in [5.41, 5.74) is 1.93. The lowest BCUT2D eigenvalue weighted by molar-refractivity contribution is -0.142. The second-order valence-corrected chi connectivity index (χ2v) is 8.62. The Hall–Kier alpha value is -2.19. The molecule has 6 heteroatoms. The van der Waals surface area contributed by atoms with Crippen molar-refractivity contribution >= 4 is 23.3 Å². The number of rotatable bonds is 5. The monoisotopic (exact) mass is 404 g/mol. The van der Waals surface area contributed by atoms with Gasteiger partial charge in [-0.25, -0.2) is 15.8 Å². The minimum Gasteiger partial charge on any atom is -0.462 e. The van der Waals surface area contributed by atoms with E-state index in [9.17, 15) is 9.18 Å². The molecular formula is C22H26ClFN2O2. The minimum absolute atomic E-state index is 0.185. The lowest BCUT2D eigenvalue weighted by Crippen LogP contribution is -2.33. The van der Waals surface area contributed by atoms with Crippen LogP contribution in [-0.4, -0.2) is 24.3 Å². The standard InChI is InChI=1S/C22H26ClFN2O2/c1-7-8-17-19(21(27)28-12-22(3,4)5)18(20(25-6)13(2)26-17)15-10-9-14(24)11-16(15)23/h9-11,18,20H,7-8,12H2,1-5H3. The molecule has 2 rings (SSSR count). The smallest absolute Gasteiger partial charge is 0.336 e. The zero-order valence-electron chi connectivity index (χ0n) is 17.0. The average molecular weight is 405 g/mol. The highest BCUT2D eigenvalue weighted by Crippen LogP contribution is 2.41. The summed E-state index contributed by atoms with van der Waals surface area (Å²) in [7, 11) is 0. The molecule has 4 nitrogen and oxygen atoms in total. The van der Waals surface area contributed by atoms with E-state index in [1.165, 1.54) is 12.1 Å². The van der Waals surface area contributed by atoms with Crippen LogP contribution < -0.4 is 0 Å². The molecule has 0 fully saturated rings. The van der Waals surface area contributed by atoms with Gasteiger partial charge in [0.1, 0.15) is 11.7 Å². The summed E-state index contributed by atoms with van der Waals surface area (Å²) < 4.78 is 19.2. The van der Waals surface area contributed by atoms with Gasteiger partial charge in [0.15, 0.2) is 0 Å². The molecule has 1 aliphatic rings. The number of hydrogen-bond acceptors (Lipinski definition) is 3. The Balaban J connectivity index is 2.63. The van der Waals surface area contributed by atoms with Gasteiger partial charge >= 0.3 is 5.97 Å². The van der Waals surface area contributed by atoms with Gasteiger partial charge in [0.05, 0.1) is 23.6 Å². The van der Waals surface area contributed by atoms with E-state index in [0.29, 0.717) is 29.0 Å². The molecule has 0 radical (unpaired) electrons. The highest BCUT2D eigenvalue weighted by molar-refractivity contribution is 6.31. The molecule has 1 heterocycles. The molecular weight excluding hydrogens is 379 g/mol. The van der Waals surface area contributed by atoms with Gasteiger partial charge in [-0.2, -0.15) is 0 Å². The summed E-state index contributed by atoms with van der Waals surface area (Å²) in [6.07, 6.45) is 1.37. The molecule has 0 spiro atoms. The number of ether oxygens (including phenoxy) is 1. The molecule has 1 aliphatic heterocycles. The number of nitrogens with zero attached hydrogens (tertiary/aromatic N) is 2. The molecule has 150 valence electrons. The Kier molecular flexibility index (Phi) is 7.01. The van der Waals surface area contributed by atoms with E-state index in [2.05, 4.69) is 9.84 Å². The van der Waals surface area contributed by atoms with E-state index in [0.717, 1.165) is 6.42 Å². The van der Waals surface area contributed by atoms with Crippen molar-refractivity contribution < 1.29 is 13.9 Å². The van der Waals surface area contributed by atoms with Crippen LogP contribution >= 0.6 is 11.6 Å². The molecule has 1 aromatic carbocycles. The second kappa shape index (κ2) is 8.87. The molecule has 0 aromatic heterocycles. The molecule has 0 N–H and O–H groups in total. The van der Waals surface area contributed by atoms with Crippen molar-refractivity contribution in [1.82, 2.24) is 0 Å². The highest BCUT2D eigenvalue weighted by Gasteiger charge is 2.43. The maximum atomic E-state index is 13.6. The molecule has 0 saturated carbocycles. The SMILES string of the molecule is [C-]#[N+]C1C(C)=NC(CCC)=C(C(=O)OCC(C)(C)C)C1c1ccc(F)cc1Cl. The Morgan fingerprint density at radius 3 is 2.61 bits per heavy atom. The Labute approximate surface area is 171 Å². The Bertz CT molecular complexity index is 862. The van der Waals surface area contributed by atoms with E-state index in [4.69, 9.17) is 22.9 Å². The fourth-order valence-corrected chi connectivity index (χ4v) is 3.48. The van der Waals surface area contributed by atoms with Crippen molar-refractivity contribution in [3.63, 3.8) is 0 Å². The molecule has 0 saturated heterocycles. The summed E-state index contributed by atoms with van der Waals surface area (Å²) >= 11 is 6.32. The van der Waals surface area contributed by atoms with Gasteiger partial charge in [-0.3, -0.25) is 4.99 Å². The van der Waals surface area contributed by atoms with Crippen molar-refractivity contribution in [2.24, 2.45) is 10.4 Å². The zero-order valence-corrected chi connectivity index (χ0v) is 17.7. The number of esters is 1. The highest BCUT2D eigenvalue weighted by atomic mass is 35.5. The van der Waals surface area contributed by atoms with E-state index in [1.54, 1.807) is 13.0 Å². The van der Waals surface area contributed by atoms with Crippen LogP contribution in [0, 0.1) is 17.8 Å². The fourth-order valence-electron chi connectivity index (χ4n) is 3.20. The van der Waals surface area contributed by atoms with Gasteiger partial charge in [0, 0.05) is 5.02 Å². The van der Waals surface area contributed by atoms with Crippen LogP contribution in [0.4, 0.5) is 4.39 Å². The molecule has 28 heavy (non-hydrogen) atoms. The van der Waals surface area contributed by atoms with E-state index >= 15 is 0 Å². The lowest BCUT2D eigenvalue weighted by Gasteiger charge is -2.28. The maximum Gasteiger partial charge on any atom is 0.336 e. The number of halogens is 2. The van der Waals surface area contributed by atoms with Gasteiger partial charge in [0.2, 0.25) is 0 Å². The first kappa shape index (κ1) is 22.1. The second-order valence-electron chi connectivity index (χ2n) is 8.22. The topological polar surface area (TPSA) is 43.0 Å². The first-order valence-corrected chi connectivity index (χ1v) is 9.73. The normalized spacial score (nSPS) is 19.9. The summed E-state index contributed by atoms with van der Waals surface area (Å²) in [5.74, 6) is -1.60. The van der Waals surface area contributed by atoms with Gasteiger partial charge in [-0.15, -0.1) is 0 Å². The van der Waals surface area contributed by atoms with Crippen LogP contribution in [0.5, 0.6) is 0 Å². The van der Waals surface area contributed by atoms with Gasteiger partial charge < -0.3 is 9.58 Å². The third kappa shape index (κ3) is 4.99. The summed E-state index contributed by atoms with van der Waals surface area (Å²) in [4.78, 5) is 21.4. The molecule has 0 amide bonds. The van der Waals surface area contributed by atoms with Crippen LogP contribution in [0.25, 0.3) is 4.85 Å². The molecule has 0 aliphatic carbocycles. The van der Waals surface area contributed by atoms with Crippen LogP contribution in [-0.2, 0) is 9.53 Å². The van der Waals surface area contributed by atoms with Crippen molar-refractivity contribution in [1.29, 1.82) is 0 Å². The van der Waals surface area contributed by atoms with Crippen molar-refractivity contribution in [2.75, 3.05) is 6.61 Å². The number of benzene rings is 1. The number of carbonyl (C=O) groups excluding carboxylic acids is 1. The number of allylic oxidation sites excluding steroid dienone is 1. The van der Waals surface area contributed by atoms with Crippen LogP contribution in [0.3, 0.4) is 0 Å². The third-order valence-corrected chi connectivity index (χ3v) is 4.78. The Morgan fingerprint density at radius 2 is 2.07 bits per heavy atom. The van der Waals surface area contributed by atoms with Gasteiger partial charge in [0.25, 0.3) is 6.04 Å². The van der Waals surface area contributed by atoms with Crippen LogP contribution in [0.2, 0.25) is 5.02 Å². The average Bonchev–Trinajstić information content (AvgIpc) is 2.59. The van der Waals surface area contributed by atoms with E-state index in [1.807, 2.05) is 27.7 Å². The predicted molar refractivity (Wildman–Crippen MR) is 110 cm³/mol. The van der Waals surface area contributed by atoms with Crippen LogP contribution in [0.1, 0.15) is 58.9 Å². The quantitative estimate of drug-likeness (QED) is 0.448. The predicted octanol–water partition coefficient (Wildman–Crippen LogP) is 5.97. The van der Waals surface area contributed by atoms with Gasteiger partial charge in [-0.1, -0.05) is 51.8 Å². The van der Waals surface area contributed by atoms with Gasteiger partial charge in [-0.05, 0) is 36.5 Å². The largest absolute Gasteiger partial charge is 0.462 e. The fraction of sp³-hybridized carbons (Fsp3) is 0.500. The van der Waals surface area contributed by atoms with Crippen molar-refractivity contribution in [3.8, 4) is 0 Å². The number of aliphatic imine (C=N–C) groups is 1. The van der Waals surface area contributed by atoms with E-state index in [-0.39, 0.29) is 17.0 Å². The molecule has 2 atom stereocenters.